The number of benzene rings is 1. The quantitative estimate of drug-likeness (QED) is 0.719. The van der Waals surface area contributed by atoms with Crippen LogP contribution >= 0.6 is 34.3 Å². The van der Waals surface area contributed by atoms with Crippen LogP contribution in [0.2, 0.25) is 5.02 Å². The Bertz CT molecular complexity index is 661. The number of fused-ring (bicyclic) bond motifs is 1. The van der Waals surface area contributed by atoms with E-state index in [1.807, 2.05) is 17.6 Å². The van der Waals surface area contributed by atoms with Crippen LogP contribution < -0.4 is 5.32 Å². The molecule has 3 aromatic rings. The summed E-state index contributed by atoms with van der Waals surface area (Å²) in [5.74, 6) is 0. The fraction of sp³-hybridized carbons (Fsp3) is 0.154. The van der Waals surface area contributed by atoms with E-state index in [-0.39, 0.29) is 6.04 Å². The van der Waals surface area contributed by atoms with Crippen molar-refractivity contribution in [2.75, 3.05) is 5.32 Å². The lowest BCUT2D eigenvalue weighted by molar-refractivity contribution is 0.910. The van der Waals surface area contributed by atoms with Gasteiger partial charge in [0.1, 0.15) is 5.52 Å². The first kappa shape index (κ1) is 12.0. The number of hydrogen-bond acceptors (Lipinski definition) is 4. The maximum absolute atomic E-state index is 6.27. The Hall–Kier alpha value is -1.10. The average molecular weight is 295 g/mol. The molecule has 0 aliphatic heterocycles. The van der Waals surface area contributed by atoms with Crippen molar-refractivity contribution in [3.05, 3.63) is 45.1 Å². The number of hydrogen-bond donors (Lipinski definition) is 1. The van der Waals surface area contributed by atoms with Crippen LogP contribution in [0, 0.1) is 0 Å². The molecule has 5 heteroatoms. The van der Waals surface area contributed by atoms with Gasteiger partial charge in [0.25, 0.3) is 0 Å². The average Bonchev–Trinajstić information content (AvgIpc) is 3.02. The summed E-state index contributed by atoms with van der Waals surface area (Å²) >= 11 is 9.64. The molecular formula is C13H11ClN2S2. The second-order valence-electron chi connectivity index (χ2n) is 4.00. The van der Waals surface area contributed by atoms with Crippen LogP contribution in [0.15, 0.2) is 35.2 Å². The molecule has 0 aliphatic rings. The summed E-state index contributed by atoms with van der Waals surface area (Å²) in [5.41, 5.74) is 3.73. The number of nitrogens with zero attached hydrogens (tertiary/aromatic N) is 1. The van der Waals surface area contributed by atoms with Gasteiger partial charge < -0.3 is 5.32 Å². The summed E-state index contributed by atoms with van der Waals surface area (Å²) in [6.07, 6.45) is 0. The van der Waals surface area contributed by atoms with Crippen molar-refractivity contribution in [3.8, 4) is 0 Å². The van der Waals surface area contributed by atoms with Crippen LogP contribution in [0.5, 0.6) is 0 Å². The first-order valence-electron chi connectivity index (χ1n) is 5.57. The molecule has 0 aliphatic carbocycles. The van der Waals surface area contributed by atoms with Gasteiger partial charge in [-0.25, -0.2) is 4.98 Å². The molecule has 2 aromatic heterocycles. The lowest BCUT2D eigenvalue weighted by atomic mass is 10.2. The minimum Gasteiger partial charge on any atom is -0.375 e. The minimum atomic E-state index is 0.231. The van der Waals surface area contributed by atoms with Crippen molar-refractivity contribution in [2.45, 2.75) is 13.0 Å². The first-order chi connectivity index (χ1) is 8.75. The Labute approximate surface area is 118 Å². The molecule has 1 atom stereocenters. The predicted molar refractivity (Wildman–Crippen MR) is 81.0 cm³/mol. The van der Waals surface area contributed by atoms with Crippen molar-refractivity contribution in [1.29, 1.82) is 0 Å². The smallest absolute Gasteiger partial charge is 0.106 e. The highest BCUT2D eigenvalue weighted by atomic mass is 35.5. The zero-order chi connectivity index (χ0) is 12.5. The van der Waals surface area contributed by atoms with E-state index >= 15 is 0 Å². The van der Waals surface area contributed by atoms with Gasteiger partial charge in [-0.1, -0.05) is 17.7 Å². The van der Waals surface area contributed by atoms with Crippen LogP contribution in [0.4, 0.5) is 5.69 Å². The van der Waals surface area contributed by atoms with Gasteiger partial charge in [0.05, 0.1) is 27.0 Å². The first-order valence-corrected chi connectivity index (χ1v) is 7.71. The lowest BCUT2D eigenvalue weighted by Crippen LogP contribution is -2.05. The van der Waals surface area contributed by atoms with E-state index in [1.54, 1.807) is 22.7 Å². The van der Waals surface area contributed by atoms with E-state index in [4.69, 9.17) is 11.6 Å². The molecule has 1 N–H and O–H groups in total. The van der Waals surface area contributed by atoms with E-state index < -0.39 is 0 Å². The number of halogens is 1. The van der Waals surface area contributed by atoms with Gasteiger partial charge in [-0.15, -0.1) is 22.7 Å². The molecule has 3 rings (SSSR count). The largest absolute Gasteiger partial charge is 0.375 e. The van der Waals surface area contributed by atoms with Gasteiger partial charge in [-0.3, -0.25) is 0 Å². The summed E-state index contributed by atoms with van der Waals surface area (Å²) in [6.45, 7) is 2.13. The Morgan fingerprint density at radius 1 is 1.28 bits per heavy atom. The topological polar surface area (TPSA) is 24.9 Å². The van der Waals surface area contributed by atoms with Crippen molar-refractivity contribution in [1.82, 2.24) is 4.98 Å². The van der Waals surface area contributed by atoms with Crippen LogP contribution in [0.25, 0.3) is 10.2 Å². The van der Waals surface area contributed by atoms with Gasteiger partial charge in [0.15, 0.2) is 0 Å². The molecule has 0 fully saturated rings. The van der Waals surface area contributed by atoms with E-state index in [9.17, 15) is 0 Å². The van der Waals surface area contributed by atoms with Crippen molar-refractivity contribution in [3.63, 3.8) is 0 Å². The predicted octanol–water partition coefficient (Wildman–Crippen LogP) is 5.18. The molecule has 0 bridgehead atoms. The number of rotatable bonds is 3. The van der Waals surface area contributed by atoms with Crippen LogP contribution in [-0.4, -0.2) is 4.98 Å². The van der Waals surface area contributed by atoms with Gasteiger partial charge in [0, 0.05) is 4.88 Å². The second-order valence-corrected chi connectivity index (χ2v) is 6.28. The van der Waals surface area contributed by atoms with Crippen molar-refractivity contribution in [2.24, 2.45) is 0 Å². The SMILES string of the molecule is CC(Nc1c(Cl)ccc2scnc12)c1cccs1. The third-order valence-corrected chi connectivity index (χ3v) is 4.95. The Morgan fingerprint density at radius 2 is 2.17 bits per heavy atom. The molecule has 92 valence electrons. The summed E-state index contributed by atoms with van der Waals surface area (Å²) in [4.78, 5) is 5.68. The molecule has 2 nitrogen and oxygen atoms in total. The van der Waals surface area contributed by atoms with Crippen LogP contribution in [0.3, 0.4) is 0 Å². The van der Waals surface area contributed by atoms with Crippen LogP contribution in [0.1, 0.15) is 17.8 Å². The molecule has 0 spiro atoms. The summed E-state index contributed by atoms with van der Waals surface area (Å²) in [5, 5.41) is 6.27. The van der Waals surface area contributed by atoms with Crippen LogP contribution in [-0.2, 0) is 0 Å². The molecule has 0 saturated heterocycles. The molecule has 1 unspecified atom stereocenters. The Morgan fingerprint density at radius 3 is 2.94 bits per heavy atom. The highest BCUT2D eigenvalue weighted by Gasteiger charge is 2.13. The van der Waals surface area contributed by atoms with E-state index in [1.165, 1.54) is 4.88 Å². The van der Waals surface area contributed by atoms with E-state index in [0.717, 1.165) is 20.9 Å². The fourth-order valence-electron chi connectivity index (χ4n) is 1.87. The molecule has 18 heavy (non-hydrogen) atoms. The molecular weight excluding hydrogens is 284 g/mol. The maximum Gasteiger partial charge on any atom is 0.106 e. The molecule has 0 saturated carbocycles. The fourth-order valence-corrected chi connectivity index (χ4v) is 3.50. The van der Waals surface area contributed by atoms with Gasteiger partial charge in [-0.2, -0.15) is 0 Å². The highest BCUT2D eigenvalue weighted by Crippen LogP contribution is 2.35. The third-order valence-electron chi connectivity index (χ3n) is 2.78. The third kappa shape index (κ3) is 2.11. The van der Waals surface area contributed by atoms with Crippen molar-refractivity contribution < 1.29 is 0 Å². The number of anilines is 1. The summed E-state index contributed by atoms with van der Waals surface area (Å²) in [6, 6.07) is 8.34. The summed E-state index contributed by atoms with van der Waals surface area (Å²) in [7, 11) is 0. The number of thiophene rings is 1. The standard InChI is InChI=1S/C13H11ClN2S2/c1-8(10-3-2-6-17-10)16-12-9(14)4-5-11-13(12)15-7-18-11/h2-8,16H,1H3. The Balaban J connectivity index is 1.99. The monoisotopic (exact) mass is 294 g/mol. The normalized spacial score (nSPS) is 12.8. The number of nitrogens with one attached hydrogen (secondary N) is 1. The molecule has 2 heterocycles. The molecule has 1 aromatic carbocycles. The number of aromatic nitrogens is 1. The maximum atomic E-state index is 6.27. The van der Waals surface area contributed by atoms with Gasteiger partial charge in [-0.05, 0) is 30.5 Å². The summed E-state index contributed by atoms with van der Waals surface area (Å²) < 4.78 is 1.15. The minimum absolute atomic E-state index is 0.231. The van der Waals surface area contributed by atoms with Gasteiger partial charge >= 0.3 is 0 Å². The second kappa shape index (κ2) is 4.88. The van der Waals surface area contributed by atoms with Gasteiger partial charge in [0.2, 0.25) is 0 Å². The zero-order valence-electron chi connectivity index (χ0n) is 9.68. The van der Waals surface area contributed by atoms with Crippen molar-refractivity contribution >= 4 is 50.2 Å². The zero-order valence-corrected chi connectivity index (χ0v) is 12.1. The highest BCUT2D eigenvalue weighted by molar-refractivity contribution is 7.16. The van der Waals surface area contributed by atoms with E-state index in [0.29, 0.717) is 0 Å². The molecule has 0 radical (unpaired) electrons. The lowest BCUT2D eigenvalue weighted by Gasteiger charge is -2.15. The Kier molecular flexibility index (Phi) is 3.24. The van der Waals surface area contributed by atoms with E-state index in [2.05, 4.69) is 34.7 Å². The number of thiazole rings is 1. The molecule has 0 amide bonds.